The molecule has 272 valence electrons. The van der Waals surface area contributed by atoms with E-state index in [4.69, 9.17) is 15.2 Å². The Morgan fingerprint density at radius 3 is 1.49 bits per heavy atom. The first-order valence-corrected chi connectivity index (χ1v) is 16.2. The first-order valence-electron chi connectivity index (χ1n) is 16.2. The number of carbonyl (C=O) groups is 1. The third-order valence-corrected chi connectivity index (χ3v) is 7.32. The number of alkyl carbamates (subject to hydrolysis) is 1. The van der Waals surface area contributed by atoms with Crippen LogP contribution in [0.5, 0.6) is 5.75 Å². The molecule has 2 atom stereocenters. The number of hydrogen-bond acceptors (Lipinski definition) is 9. The van der Waals surface area contributed by atoms with Gasteiger partial charge >= 0.3 is 6.09 Å². The van der Waals surface area contributed by atoms with Crippen molar-refractivity contribution >= 4 is 24.2 Å². The average molecular weight is 686 g/mol. The standard InChI is InChI=1S/C14H24N2O2.C12H25NO2.C10H14O3.ClH/c1-13(2,3)8(15)7-16-10-9(14(4,5)6)11(17)12(10)18;1-8-9(11(2,3)4)13-10(14)15-12(5,6)7;1-5-13-9-6(10(2,3)4)7(11)8(9)12;/h8,16H,7,15H2,1-6H3;9H,8H2,1-7H3,(H,13,14);5H2,1-4H3;1H/t8-;9-;;/m11../s1. The van der Waals surface area contributed by atoms with Gasteiger partial charge in [-0.2, -0.15) is 0 Å². The molecule has 2 aromatic rings. The highest BCUT2D eigenvalue weighted by Gasteiger charge is 2.32. The van der Waals surface area contributed by atoms with Gasteiger partial charge in [-0.05, 0) is 55.8 Å². The van der Waals surface area contributed by atoms with Crippen molar-refractivity contribution in [3.05, 3.63) is 52.0 Å². The summed E-state index contributed by atoms with van der Waals surface area (Å²) in [5.74, 6) is 0.264. The molecule has 0 saturated heterocycles. The van der Waals surface area contributed by atoms with Crippen LogP contribution in [-0.4, -0.2) is 36.9 Å². The van der Waals surface area contributed by atoms with Crippen LogP contribution in [0.1, 0.15) is 135 Å². The van der Waals surface area contributed by atoms with Crippen molar-refractivity contribution in [3.8, 4) is 5.75 Å². The zero-order valence-electron chi connectivity index (χ0n) is 32.1. The fourth-order valence-corrected chi connectivity index (χ4v) is 4.51. The van der Waals surface area contributed by atoms with Crippen LogP contribution in [0.2, 0.25) is 0 Å². The summed E-state index contributed by atoms with van der Waals surface area (Å²) in [5, 5.41) is 5.95. The van der Waals surface area contributed by atoms with Crippen molar-refractivity contribution in [1.82, 2.24) is 5.32 Å². The molecule has 0 aliphatic carbocycles. The summed E-state index contributed by atoms with van der Waals surface area (Å²) in [6.07, 6.45) is 0.576. The summed E-state index contributed by atoms with van der Waals surface area (Å²) in [7, 11) is 0. The van der Waals surface area contributed by atoms with Crippen LogP contribution in [0.3, 0.4) is 0 Å². The Morgan fingerprint density at radius 2 is 1.15 bits per heavy atom. The zero-order chi connectivity index (χ0) is 36.8. The maximum atomic E-state index is 11.6. The monoisotopic (exact) mass is 685 g/mol. The van der Waals surface area contributed by atoms with E-state index in [-0.39, 0.29) is 63.4 Å². The van der Waals surface area contributed by atoms with Crippen molar-refractivity contribution in [2.24, 2.45) is 16.6 Å². The van der Waals surface area contributed by atoms with E-state index in [0.717, 1.165) is 6.42 Å². The van der Waals surface area contributed by atoms with E-state index >= 15 is 0 Å². The number of ether oxygens (including phenoxy) is 2. The van der Waals surface area contributed by atoms with E-state index < -0.39 is 21.9 Å². The molecule has 0 bridgehead atoms. The van der Waals surface area contributed by atoms with Gasteiger partial charge in [0, 0.05) is 24.2 Å². The second-order valence-electron chi connectivity index (χ2n) is 17.0. The van der Waals surface area contributed by atoms with Gasteiger partial charge in [0.05, 0.1) is 17.9 Å². The summed E-state index contributed by atoms with van der Waals surface area (Å²) in [5.41, 5.74) is 4.94. The fraction of sp³-hybridized carbons (Fsp3) is 0.750. The number of hydrogen-bond donors (Lipinski definition) is 3. The van der Waals surface area contributed by atoms with Gasteiger partial charge < -0.3 is 25.8 Å². The van der Waals surface area contributed by atoms with Crippen LogP contribution < -0.4 is 42.8 Å². The van der Waals surface area contributed by atoms with Crippen molar-refractivity contribution in [2.75, 3.05) is 18.5 Å². The molecule has 0 fully saturated rings. The Balaban J connectivity index is 0. The zero-order valence-corrected chi connectivity index (χ0v) is 32.9. The van der Waals surface area contributed by atoms with Crippen molar-refractivity contribution in [2.45, 2.75) is 153 Å². The molecule has 11 heteroatoms. The maximum absolute atomic E-state index is 11.6. The molecule has 10 nitrogen and oxygen atoms in total. The minimum atomic E-state index is -0.480. The van der Waals surface area contributed by atoms with Crippen LogP contribution in [0, 0.1) is 10.8 Å². The first-order chi connectivity index (χ1) is 20.4. The molecule has 0 saturated carbocycles. The van der Waals surface area contributed by atoms with Crippen LogP contribution >= 0.6 is 12.4 Å². The van der Waals surface area contributed by atoms with E-state index in [1.807, 2.05) is 83.1 Å². The molecule has 0 unspecified atom stereocenters. The number of rotatable bonds is 7. The van der Waals surface area contributed by atoms with Gasteiger partial charge in [-0.1, -0.05) is 90.0 Å². The number of nitrogens with two attached hydrogens (primary N) is 1. The van der Waals surface area contributed by atoms with Crippen LogP contribution in [0.4, 0.5) is 10.5 Å². The molecular weight excluding hydrogens is 622 g/mol. The largest absolute Gasteiger partial charge is 0.489 e. The first kappa shape index (κ1) is 46.4. The lowest BCUT2D eigenvalue weighted by molar-refractivity contribution is 0.0461. The van der Waals surface area contributed by atoms with E-state index in [2.05, 4.69) is 38.3 Å². The van der Waals surface area contributed by atoms with Gasteiger partial charge in [-0.3, -0.25) is 19.2 Å². The molecule has 2 rings (SSSR count). The van der Waals surface area contributed by atoms with Crippen LogP contribution in [-0.2, 0) is 15.6 Å². The summed E-state index contributed by atoms with van der Waals surface area (Å²) in [4.78, 5) is 57.0. The number of halogens is 1. The second-order valence-corrected chi connectivity index (χ2v) is 17.0. The second kappa shape index (κ2) is 17.1. The molecule has 0 heterocycles. The number of carbonyl (C=O) groups excluding carboxylic acids is 1. The van der Waals surface area contributed by atoms with Crippen molar-refractivity contribution in [3.63, 3.8) is 0 Å². The molecule has 4 N–H and O–H groups in total. The minimum absolute atomic E-state index is 0. The highest BCUT2D eigenvalue weighted by atomic mass is 35.5. The Bertz CT molecular complexity index is 1430. The smallest absolute Gasteiger partial charge is 0.407 e. The maximum Gasteiger partial charge on any atom is 0.407 e. The molecule has 2 aromatic carbocycles. The SMILES string of the molecule is CC(C)(C)c1c(NC[C@@H](N)C(C)(C)C)c(=O)c1=O.CCOc1c(C(C)(C)C)c(=O)c1=O.CC[C@@H](NC(=O)OC(C)(C)C)C(C)(C)C.Cl. The lowest BCUT2D eigenvalue weighted by Gasteiger charge is -2.31. The van der Waals surface area contributed by atoms with Crippen LogP contribution in [0.25, 0.3) is 0 Å². The molecule has 47 heavy (non-hydrogen) atoms. The van der Waals surface area contributed by atoms with Gasteiger partial charge in [0.2, 0.25) is 16.3 Å². The minimum Gasteiger partial charge on any atom is -0.489 e. The number of anilines is 1. The third kappa shape index (κ3) is 14.1. The van der Waals surface area contributed by atoms with Crippen molar-refractivity contribution in [1.29, 1.82) is 0 Å². The average Bonchev–Trinajstić information content (AvgIpc) is 2.85. The Morgan fingerprint density at radius 1 is 0.702 bits per heavy atom. The lowest BCUT2D eigenvalue weighted by Crippen LogP contribution is -2.47. The van der Waals surface area contributed by atoms with Gasteiger partial charge in [0.1, 0.15) is 5.60 Å². The third-order valence-electron chi connectivity index (χ3n) is 7.32. The van der Waals surface area contributed by atoms with Gasteiger partial charge in [-0.25, -0.2) is 4.79 Å². The lowest BCUT2D eigenvalue weighted by atomic mass is 9.82. The summed E-state index contributed by atoms with van der Waals surface area (Å²) in [6.45, 7) is 34.3. The number of nitrogens with one attached hydrogen (secondary N) is 2. The van der Waals surface area contributed by atoms with Crippen molar-refractivity contribution < 1.29 is 14.3 Å². The van der Waals surface area contributed by atoms with E-state index in [1.165, 1.54) is 0 Å². The Hall–Kier alpha value is -2.72. The molecule has 0 aromatic heterocycles. The number of amides is 1. The summed E-state index contributed by atoms with van der Waals surface area (Å²) >= 11 is 0. The highest BCUT2D eigenvalue weighted by Crippen LogP contribution is 2.28. The van der Waals surface area contributed by atoms with E-state index in [9.17, 15) is 24.0 Å². The normalized spacial score (nSPS) is 13.7. The molecular formula is C36H64ClN3O7. The van der Waals surface area contributed by atoms with Crippen LogP contribution in [0.15, 0.2) is 19.2 Å². The molecule has 0 aliphatic heterocycles. The predicted octanol–water partition coefficient (Wildman–Crippen LogP) is 6.10. The summed E-state index contributed by atoms with van der Waals surface area (Å²) < 4.78 is 10.3. The Kier molecular flexibility index (Phi) is 16.9. The quantitative estimate of drug-likeness (QED) is 0.293. The topological polar surface area (TPSA) is 154 Å². The molecule has 0 aliphatic rings. The molecule has 0 radical (unpaired) electrons. The molecule has 0 spiro atoms. The van der Waals surface area contributed by atoms with Gasteiger partial charge in [0.15, 0.2) is 5.75 Å². The Labute approximate surface area is 288 Å². The predicted molar refractivity (Wildman–Crippen MR) is 197 cm³/mol. The molecule has 1 amide bonds. The fourth-order valence-electron chi connectivity index (χ4n) is 4.51. The van der Waals surface area contributed by atoms with E-state index in [0.29, 0.717) is 30.0 Å². The van der Waals surface area contributed by atoms with Gasteiger partial charge in [-0.15, -0.1) is 12.4 Å². The summed E-state index contributed by atoms with van der Waals surface area (Å²) in [6, 6.07) is 0.0714. The van der Waals surface area contributed by atoms with E-state index in [1.54, 1.807) is 6.92 Å². The highest BCUT2D eigenvalue weighted by molar-refractivity contribution is 5.85. The van der Waals surface area contributed by atoms with Gasteiger partial charge in [0.25, 0.3) is 5.43 Å².